The molecular formula is C51H91N2O6P. The summed E-state index contributed by atoms with van der Waals surface area (Å²) in [6.07, 6.45) is 58.4. The molecule has 0 aromatic carbocycles. The molecule has 0 spiro atoms. The molecule has 0 aliphatic carbocycles. The van der Waals surface area contributed by atoms with Gasteiger partial charge in [0.25, 0.3) is 7.82 Å². The molecule has 60 heavy (non-hydrogen) atoms. The molecule has 1 amide bonds. The lowest BCUT2D eigenvalue weighted by atomic mass is 10.0. The van der Waals surface area contributed by atoms with Crippen LogP contribution in [0.25, 0.3) is 0 Å². The highest BCUT2D eigenvalue weighted by Crippen LogP contribution is 2.38. The number of hydrogen-bond acceptors (Lipinski definition) is 6. The van der Waals surface area contributed by atoms with Gasteiger partial charge in [-0.3, -0.25) is 9.36 Å². The maximum atomic E-state index is 12.8. The quantitative estimate of drug-likeness (QED) is 0.0274. The van der Waals surface area contributed by atoms with E-state index in [-0.39, 0.29) is 19.1 Å². The minimum atomic E-state index is -4.58. The molecule has 346 valence electrons. The summed E-state index contributed by atoms with van der Waals surface area (Å²) in [6.45, 7) is 4.40. The highest BCUT2D eigenvalue weighted by Gasteiger charge is 2.23. The van der Waals surface area contributed by atoms with E-state index in [1.54, 1.807) is 6.08 Å². The number of allylic oxidation sites excluding steroid dienone is 13. The van der Waals surface area contributed by atoms with Gasteiger partial charge in [0, 0.05) is 6.42 Å². The molecule has 0 aliphatic rings. The fraction of sp³-hybridized carbons (Fsp3) is 0.706. The summed E-state index contributed by atoms with van der Waals surface area (Å²) in [5, 5.41) is 13.6. The molecule has 0 heterocycles. The first-order valence-electron chi connectivity index (χ1n) is 23.9. The summed E-state index contributed by atoms with van der Waals surface area (Å²) >= 11 is 0. The van der Waals surface area contributed by atoms with E-state index in [1.807, 2.05) is 27.2 Å². The van der Waals surface area contributed by atoms with Crippen molar-refractivity contribution in [1.29, 1.82) is 0 Å². The zero-order valence-corrected chi connectivity index (χ0v) is 40.0. The first kappa shape index (κ1) is 57.7. The Labute approximate surface area is 369 Å². The van der Waals surface area contributed by atoms with Crippen molar-refractivity contribution in [3.05, 3.63) is 85.1 Å². The smallest absolute Gasteiger partial charge is 0.268 e. The zero-order valence-electron chi connectivity index (χ0n) is 39.1. The topological polar surface area (TPSA) is 108 Å². The summed E-state index contributed by atoms with van der Waals surface area (Å²) in [5.41, 5.74) is 0. The van der Waals surface area contributed by atoms with Crippen LogP contribution in [-0.2, 0) is 18.4 Å². The van der Waals surface area contributed by atoms with Crippen molar-refractivity contribution in [2.45, 2.75) is 193 Å². The van der Waals surface area contributed by atoms with Gasteiger partial charge in [-0.15, -0.1) is 0 Å². The lowest BCUT2D eigenvalue weighted by Crippen LogP contribution is -2.45. The Hall–Kier alpha value is -2.32. The third kappa shape index (κ3) is 43.8. The molecule has 3 unspecified atom stereocenters. The van der Waals surface area contributed by atoms with E-state index in [4.69, 9.17) is 9.05 Å². The van der Waals surface area contributed by atoms with Gasteiger partial charge < -0.3 is 28.8 Å². The van der Waals surface area contributed by atoms with Gasteiger partial charge in [0.05, 0.1) is 39.9 Å². The van der Waals surface area contributed by atoms with Crippen LogP contribution in [0.1, 0.15) is 181 Å². The van der Waals surface area contributed by atoms with E-state index >= 15 is 0 Å². The minimum Gasteiger partial charge on any atom is -0.756 e. The molecule has 0 aromatic rings. The molecule has 0 aromatic heterocycles. The number of nitrogens with zero attached hydrogens (tertiary/aromatic N) is 1. The van der Waals surface area contributed by atoms with Gasteiger partial charge in [0.1, 0.15) is 13.2 Å². The molecule has 0 rings (SSSR count). The van der Waals surface area contributed by atoms with Crippen LogP contribution < -0.4 is 10.2 Å². The number of carbonyl (C=O) groups is 1. The van der Waals surface area contributed by atoms with Gasteiger partial charge in [-0.25, -0.2) is 0 Å². The van der Waals surface area contributed by atoms with Crippen molar-refractivity contribution in [3.63, 3.8) is 0 Å². The first-order valence-corrected chi connectivity index (χ1v) is 25.4. The van der Waals surface area contributed by atoms with Crippen molar-refractivity contribution in [1.82, 2.24) is 5.32 Å². The maximum Gasteiger partial charge on any atom is 0.268 e. The number of nitrogens with one attached hydrogen (secondary N) is 1. The third-order valence-corrected chi connectivity index (χ3v) is 11.1. The van der Waals surface area contributed by atoms with Gasteiger partial charge >= 0.3 is 0 Å². The van der Waals surface area contributed by atoms with E-state index in [1.165, 1.54) is 77.0 Å². The second-order valence-corrected chi connectivity index (χ2v) is 18.5. The van der Waals surface area contributed by atoms with Gasteiger partial charge in [-0.2, -0.15) is 0 Å². The van der Waals surface area contributed by atoms with Crippen molar-refractivity contribution in [2.75, 3.05) is 40.9 Å². The number of likely N-dealkylation sites (N-methyl/N-ethyl adjacent to an activating group) is 1. The normalized spacial score (nSPS) is 15.0. The van der Waals surface area contributed by atoms with Crippen molar-refractivity contribution in [2.24, 2.45) is 0 Å². The Morgan fingerprint density at radius 1 is 0.600 bits per heavy atom. The maximum absolute atomic E-state index is 12.8. The molecule has 9 heteroatoms. The molecule has 3 atom stereocenters. The number of amides is 1. The summed E-state index contributed by atoms with van der Waals surface area (Å²) in [6, 6.07) is -0.886. The Bertz CT molecular complexity index is 1250. The molecule has 0 fully saturated rings. The summed E-state index contributed by atoms with van der Waals surface area (Å²) in [7, 11) is 1.25. The Morgan fingerprint density at radius 2 is 1.02 bits per heavy atom. The van der Waals surface area contributed by atoms with E-state index in [2.05, 4.69) is 92.1 Å². The van der Waals surface area contributed by atoms with Crippen LogP contribution in [0.3, 0.4) is 0 Å². The minimum absolute atomic E-state index is 0.00503. The van der Waals surface area contributed by atoms with E-state index in [0.29, 0.717) is 17.4 Å². The summed E-state index contributed by atoms with van der Waals surface area (Å²) in [5.74, 6) is -0.210. The average Bonchev–Trinajstić information content (AvgIpc) is 3.20. The zero-order chi connectivity index (χ0) is 44.3. The SMILES string of the molecule is CC/C=C\C/C=C\C/C=C\C/C=C\C/C=C\C/C=C\CCCCCCCCCCCCCCCCC(=O)NC(COP(=O)([O-])OCC[N+](C)(C)C)C(O)/C=C/CCCCC. The molecule has 0 aliphatic heterocycles. The van der Waals surface area contributed by atoms with Gasteiger partial charge in [-0.1, -0.05) is 189 Å². The van der Waals surface area contributed by atoms with E-state index in [9.17, 15) is 19.4 Å². The number of carbonyl (C=O) groups excluding carboxylic acids is 1. The van der Waals surface area contributed by atoms with Gasteiger partial charge in [0.2, 0.25) is 5.91 Å². The Morgan fingerprint density at radius 3 is 1.48 bits per heavy atom. The molecule has 0 radical (unpaired) electrons. The predicted molar refractivity (Wildman–Crippen MR) is 256 cm³/mol. The number of phosphoric ester groups is 1. The Kier molecular flexibility index (Phi) is 40.4. The standard InChI is InChI=1S/C51H91N2O6P/c1-6-8-10-12-13-14-15-16-17-18-19-20-21-22-23-24-25-26-27-28-29-30-31-32-33-34-35-36-37-38-39-41-43-45-51(55)52-49(50(54)44-42-40-11-9-7-2)48-59-60(56,57)58-47-46-53(3,4)5/h8,10,13-14,16-17,19-20,22-23,25-26,42,44,49-50,54H,6-7,9,11-12,15,18,21,24,27-41,43,45-48H2,1-5H3,(H-,52,55,56,57)/b10-8-,14-13-,17-16-,20-19-,23-22-,26-25-,44-42+. The summed E-state index contributed by atoms with van der Waals surface area (Å²) in [4.78, 5) is 25.1. The lowest BCUT2D eigenvalue weighted by molar-refractivity contribution is -0.870. The number of quaternary nitrogens is 1. The van der Waals surface area contributed by atoms with Crippen LogP contribution in [0.4, 0.5) is 0 Å². The van der Waals surface area contributed by atoms with Gasteiger partial charge in [-0.05, 0) is 70.6 Å². The fourth-order valence-corrected chi connectivity index (χ4v) is 7.05. The molecule has 0 saturated heterocycles. The van der Waals surface area contributed by atoms with E-state index < -0.39 is 20.0 Å². The molecule has 0 saturated carbocycles. The molecule has 2 N–H and O–H groups in total. The van der Waals surface area contributed by atoms with E-state index in [0.717, 1.165) is 83.5 Å². The molecule has 8 nitrogen and oxygen atoms in total. The average molecular weight is 859 g/mol. The Balaban J connectivity index is 3.91. The lowest BCUT2D eigenvalue weighted by Gasteiger charge is -2.29. The van der Waals surface area contributed by atoms with Gasteiger partial charge in [0.15, 0.2) is 0 Å². The number of rotatable bonds is 42. The number of aliphatic hydroxyl groups excluding tert-OH is 1. The van der Waals surface area contributed by atoms with Crippen LogP contribution in [0.2, 0.25) is 0 Å². The number of unbranched alkanes of at least 4 members (excludes halogenated alkanes) is 17. The van der Waals surface area contributed by atoms with Crippen LogP contribution in [0.15, 0.2) is 85.1 Å². The van der Waals surface area contributed by atoms with Crippen molar-refractivity contribution < 1.29 is 32.9 Å². The number of hydrogen-bond donors (Lipinski definition) is 2. The largest absolute Gasteiger partial charge is 0.756 e. The molecule has 0 bridgehead atoms. The highest BCUT2D eigenvalue weighted by molar-refractivity contribution is 7.45. The van der Waals surface area contributed by atoms with Crippen LogP contribution in [0.5, 0.6) is 0 Å². The second kappa shape index (κ2) is 42.0. The predicted octanol–water partition coefficient (Wildman–Crippen LogP) is 13.1. The van der Waals surface area contributed by atoms with Crippen LogP contribution in [-0.4, -0.2) is 68.5 Å². The third-order valence-electron chi connectivity index (χ3n) is 10.1. The number of phosphoric acid groups is 1. The number of aliphatic hydroxyl groups is 1. The fourth-order valence-electron chi connectivity index (χ4n) is 6.33. The van der Waals surface area contributed by atoms with Crippen LogP contribution in [0, 0.1) is 0 Å². The second-order valence-electron chi connectivity index (χ2n) is 17.1. The van der Waals surface area contributed by atoms with Crippen molar-refractivity contribution in [3.8, 4) is 0 Å². The molecular weight excluding hydrogens is 768 g/mol. The monoisotopic (exact) mass is 859 g/mol. The highest BCUT2D eigenvalue weighted by atomic mass is 31.2. The van der Waals surface area contributed by atoms with Crippen LogP contribution >= 0.6 is 7.82 Å². The van der Waals surface area contributed by atoms with Crippen molar-refractivity contribution >= 4 is 13.7 Å². The summed E-state index contributed by atoms with van der Waals surface area (Å²) < 4.78 is 23.0. The first-order chi connectivity index (χ1) is 29.0.